The number of aliphatic hydroxyl groups is 1. The SMILES string of the molecule is CC(c1cccnc1N)N(CCO)c1nc(OC[C@@]23CCCN2C[C@H](F)C3)nc(Cl)c1C(=O)O. The first-order chi connectivity index (χ1) is 16.3. The average Bonchev–Trinajstić information content (AvgIpc) is 3.31. The van der Waals surface area contributed by atoms with Crippen molar-refractivity contribution in [2.45, 2.75) is 43.9 Å². The Labute approximate surface area is 201 Å². The number of halogens is 2. The van der Waals surface area contributed by atoms with Crippen LogP contribution in [0.1, 0.15) is 48.1 Å². The van der Waals surface area contributed by atoms with Gasteiger partial charge in [0.15, 0.2) is 11.0 Å². The summed E-state index contributed by atoms with van der Waals surface area (Å²) in [4.78, 5) is 28.3. The molecule has 3 atom stereocenters. The number of aromatic carboxylic acids is 1. The van der Waals surface area contributed by atoms with Crippen molar-refractivity contribution in [2.24, 2.45) is 0 Å². The number of ether oxygens (including phenoxy) is 1. The predicted molar refractivity (Wildman–Crippen MR) is 124 cm³/mol. The number of anilines is 2. The summed E-state index contributed by atoms with van der Waals surface area (Å²) in [6.07, 6.45) is 2.76. The van der Waals surface area contributed by atoms with Crippen molar-refractivity contribution in [3.8, 4) is 6.01 Å². The molecule has 4 rings (SSSR count). The molecular formula is C22H28ClFN6O4. The smallest absolute Gasteiger partial charge is 0.342 e. The molecule has 34 heavy (non-hydrogen) atoms. The standard InChI is InChI=1S/C22H28ClFN6O4/c1-13(15-4-2-6-26-18(15)25)30(8-9-31)19-16(20(32)33)17(23)27-21(28-19)34-12-22-5-3-7-29(22)11-14(24)10-22/h2,4,6,13-14,31H,3,5,7-12H2,1H3,(H2,25,26)(H,32,33)/t13?,14-,22+/m1/s1. The minimum absolute atomic E-state index is 0.0112. The third-order valence-corrected chi connectivity index (χ3v) is 6.95. The monoisotopic (exact) mass is 494 g/mol. The van der Waals surface area contributed by atoms with Gasteiger partial charge in [-0.25, -0.2) is 14.2 Å². The number of nitrogen functional groups attached to an aromatic ring is 1. The first-order valence-electron chi connectivity index (χ1n) is 11.2. The lowest BCUT2D eigenvalue weighted by Gasteiger charge is -2.32. The topological polar surface area (TPSA) is 138 Å². The molecule has 0 radical (unpaired) electrons. The van der Waals surface area contributed by atoms with Crippen LogP contribution in [-0.2, 0) is 0 Å². The van der Waals surface area contributed by atoms with Gasteiger partial charge in [0.25, 0.3) is 0 Å². The van der Waals surface area contributed by atoms with E-state index in [1.165, 1.54) is 0 Å². The van der Waals surface area contributed by atoms with Crippen molar-refractivity contribution in [3.63, 3.8) is 0 Å². The van der Waals surface area contributed by atoms with E-state index >= 15 is 0 Å². The number of pyridine rings is 1. The van der Waals surface area contributed by atoms with Gasteiger partial charge in [0.05, 0.1) is 18.2 Å². The Balaban J connectivity index is 1.68. The van der Waals surface area contributed by atoms with Crippen molar-refractivity contribution in [1.82, 2.24) is 19.9 Å². The second kappa shape index (κ2) is 9.85. The summed E-state index contributed by atoms with van der Waals surface area (Å²) < 4.78 is 20.0. The number of hydrogen-bond acceptors (Lipinski definition) is 9. The van der Waals surface area contributed by atoms with Crippen LogP contribution in [0.3, 0.4) is 0 Å². The largest absolute Gasteiger partial charge is 0.477 e. The third-order valence-electron chi connectivity index (χ3n) is 6.67. The molecule has 10 nitrogen and oxygen atoms in total. The molecule has 0 aliphatic carbocycles. The molecule has 2 fully saturated rings. The number of aromatic nitrogens is 3. The summed E-state index contributed by atoms with van der Waals surface area (Å²) in [6, 6.07) is 2.87. The lowest BCUT2D eigenvalue weighted by molar-refractivity contribution is 0.0695. The van der Waals surface area contributed by atoms with E-state index in [0.717, 1.165) is 19.4 Å². The molecule has 1 unspecified atom stereocenters. The highest BCUT2D eigenvalue weighted by molar-refractivity contribution is 6.33. The number of carbonyl (C=O) groups is 1. The molecule has 2 saturated heterocycles. The lowest BCUT2D eigenvalue weighted by atomic mass is 9.95. The number of aliphatic hydroxyl groups excluding tert-OH is 1. The van der Waals surface area contributed by atoms with Gasteiger partial charge in [-0.2, -0.15) is 9.97 Å². The molecule has 184 valence electrons. The van der Waals surface area contributed by atoms with Crippen molar-refractivity contribution in [3.05, 3.63) is 34.6 Å². The fourth-order valence-electron chi connectivity index (χ4n) is 5.05. The average molecular weight is 495 g/mol. The molecule has 12 heteroatoms. The van der Waals surface area contributed by atoms with Crippen LogP contribution in [-0.4, -0.2) is 80.6 Å². The zero-order valence-electron chi connectivity index (χ0n) is 18.8. The second-order valence-electron chi connectivity index (χ2n) is 8.74. The zero-order chi connectivity index (χ0) is 24.5. The summed E-state index contributed by atoms with van der Waals surface area (Å²) in [5, 5.41) is 19.3. The molecule has 2 aromatic heterocycles. The molecule has 4 N–H and O–H groups in total. The van der Waals surface area contributed by atoms with Crippen LogP contribution in [0, 0.1) is 0 Å². The van der Waals surface area contributed by atoms with Crippen LogP contribution >= 0.6 is 11.6 Å². The third kappa shape index (κ3) is 4.59. The van der Waals surface area contributed by atoms with Crippen molar-refractivity contribution >= 4 is 29.2 Å². The van der Waals surface area contributed by atoms with Crippen LogP contribution in [0.25, 0.3) is 0 Å². The number of carboxylic acids is 1. The van der Waals surface area contributed by atoms with Crippen molar-refractivity contribution in [2.75, 3.05) is 43.5 Å². The Kier molecular flexibility index (Phi) is 7.06. The maximum Gasteiger partial charge on any atom is 0.342 e. The first kappa shape index (κ1) is 24.4. The highest BCUT2D eigenvalue weighted by Gasteiger charge is 2.49. The molecule has 2 aliphatic rings. The van der Waals surface area contributed by atoms with Gasteiger partial charge in [-0.3, -0.25) is 4.90 Å². The molecule has 0 bridgehead atoms. The van der Waals surface area contributed by atoms with Gasteiger partial charge < -0.3 is 25.6 Å². The Hall–Kier alpha value is -2.76. The Bertz CT molecular complexity index is 1060. The van der Waals surface area contributed by atoms with Crippen molar-refractivity contribution in [1.29, 1.82) is 0 Å². The molecular weight excluding hydrogens is 467 g/mol. The molecule has 0 saturated carbocycles. The van der Waals surface area contributed by atoms with Gasteiger partial charge in [-0.15, -0.1) is 0 Å². The van der Waals surface area contributed by atoms with E-state index in [-0.39, 0.29) is 48.1 Å². The van der Waals surface area contributed by atoms with Crippen LogP contribution in [0.2, 0.25) is 5.15 Å². The fourth-order valence-corrected chi connectivity index (χ4v) is 5.29. The molecule has 2 aromatic rings. The number of rotatable bonds is 9. The number of fused-ring (bicyclic) bond motifs is 1. The first-order valence-corrected chi connectivity index (χ1v) is 11.5. The van der Waals surface area contributed by atoms with E-state index < -0.39 is 23.7 Å². The van der Waals surface area contributed by atoms with Gasteiger partial charge in [-0.05, 0) is 32.4 Å². The Morgan fingerprint density at radius 3 is 3.00 bits per heavy atom. The molecule has 0 spiro atoms. The predicted octanol–water partition coefficient (Wildman–Crippen LogP) is 2.32. The van der Waals surface area contributed by atoms with Crippen molar-refractivity contribution < 1.29 is 24.1 Å². The maximum absolute atomic E-state index is 14.1. The normalized spacial score (nSPS) is 23.0. The van der Waals surface area contributed by atoms with Gasteiger partial charge >= 0.3 is 12.0 Å². The van der Waals surface area contributed by atoms with E-state index in [0.29, 0.717) is 18.5 Å². The quantitative estimate of drug-likeness (QED) is 0.445. The summed E-state index contributed by atoms with van der Waals surface area (Å²) in [5.41, 5.74) is 5.92. The van der Waals surface area contributed by atoms with E-state index in [9.17, 15) is 19.4 Å². The van der Waals surface area contributed by atoms with Gasteiger partial charge in [-0.1, -0.05) is 17.7 Å². The number of carboxylic acid groups (broad SMARTS) is 1. The summed E-state index contributed by atoms with van der Waals surface area (Å²) in [6.45, 7) is 2.91. The molecule has 4 heterocycles. The summed E-state index contributed by atoms with van der Waals surface area (Å²) in [5.74, 6) is -1.06. The number of alkyl halides is 1. The zero-order valence-corrected chi connectivity index (χ0v) is 19.6. The van der Waals surface area contributed by atoms with Crippen LogP contribution in [0.4, 0.5) is 16.0 Å². The number of nitrogens with zero attached hydrogens (tertiary/aromatic N) is 5. The molecule has 0 amide bonds. The minimum atomic E-state index is -1.32. The van der Waals surface area contributed by atoms with Crippen LogP contribution < -0.4 is 15.4 Å². The lowest BCUT2D eigenvalue weighted by Crippen LogP contribution is -2.43. The van der Waals surface area contributed by atoms with Crippen LogP contribution in [0.5, 0.6) is 6.01 Å². The molecule has 0 aromatic carbocycles. The summed E-state index contributed by atoms with van der Waals surface area (Å²) >= 11 is 6.28. The van der Waals surface area contributed by atoms with E-state index in [1.54, 1.807) is 30.2 Å². The van der Waals surface area contributed by atoms with E-state index in [2.05, 4.69) is 19.9 Å². The van der Waals surface area contributed by atoms with Gasteiger partial charge in [0.2, 0.25) is 0 Å². The Morgan fingerprint density at radius 1 is 1.50 bits per heavy atom. The Morgan fingerprint density at radius 2 is 2.29 bits per heavy atom. The maximum atomic E-state index is 14.1. The fraction of sp³-hybridized carbons (Fsp3) is 0.545. The van der Waals surface area contributed by atoms with E-state index in [1.807, 2.05) is 0 Å². The van der Waals surface area contributed by atoms with Crippen LogP contribution in [0.15, 0.2) is 18.3 Å². The summed E-state index contributed by atoms with van der Waals surface area (Å²) in [7, 11) is 0. The highest BCUT2D eigenvalue weighted by Crippen LogP contribution is 2.40. The van der Waals surface area contributed by atoms with Gasteiger partial charge in [0.1, 0.15) is 24.2 Å². The molecule has 2 aliphatic heterocycles. The minimum Gasteiger partial charge on any atom is -0.477 e. The second-order valence-corrected chi connectivity index (χ2v) is 9.09. The van der Waals surface area contributed by atoms with E-state index in [4.69, 9.17) is 22.1 Å². The van der Waals surface area contributed by atoms with Gasteiger partial charge in [0, 0.05) is 31.3 Å². The highest BCUT2D eigenvalue weighted by atomic mass is 35.5. The number of hydrogen-bond donors (Lipinski definition) is 3. The number of nitrogens with two attached hydrogens (primary N) is 1.